The fourth-order valence-corrected chi connectivity index (χ4v) is 3.92. The summed E-state index contributed by atoms with van der Waals surface area (Å²) in [5.41, 5.74) is 0. The van der Waals surface area contributed by atoms with E-state index in [-0.39, 0.29) is 17.2 Å². The van der Waals surface area contributed by atoms with Crippen molar-refractivity contribution in [2.75, 3.05) is 13.2 Å². The van der Waals surface area contributed by atoms with Gasteiger partial charge in [0.15, 0.2) is 14.1 Å². The minimum Gasteiger partial charge on any atom is -0.416 e. The number of ether oxygens (including phenoxy) is 3. The fraction of sp³-hybridized carbons (Fsp3) is 1.00. The lowest BCUT2D eigenvalue weighted by Crippen LogP contribution is -2.49. The average molecular weight is 345 g/mol. The van der Waals surface area contributed by atoms with Crippen LogP contribution < -0.4 is 0 Å². The zero-order valence-corrected chi connectivity index (χ0v) is 17.3. The third-order valence-electron chi connectivity index (χ3n) is 5.46. The molecule has 0 bridgehead atoms. The molecule has 5 heteroatoms. The molecule has 0 aromatic carbocycles. The van der Waals surface area contributed by atoms with Crippen molar-refractivity contribution in [2.45, 2.75) is 96.6 Å². The molecule has 0 unspecified atom stereocenters. The summed E-state index contributed by atoms with van der Waals surface area (Å²) in [5.74, 6) is -0.150. The summed E-state index contributed by atoms with van der Waals surface area (Å²) in [4.78, 5) is 0. The third-order valence-corrected chi connectivity index (χ3v) is 9.96. The second kappa shape index (κ2) is 6.75. The van der Waals surface area contributed by atoms with Crippen molar-refractivity contribution in [1.29, 1.82) is 0 Å². The van der Waals surface area contributed by atoms with Gasteiger partial charge in [0.05, 0.1) is 24.9 Å². The van der Waals surface area contributed by atoms with Gasteiger partial charge >= 0.3 is 0 Å². The molecular weight excluding hydrogens is 308 g/mol. The quantitative estimate of drug-likeness (QED) is 0.531. The van der Waals surface area contributed by atoms with Gasteiger partial charge in [0, 0.05) is 25.4 Å². The first-order valence-corrected chi connectivity index (χ1v) is 11.9. The molecule has 0 spiro atoms. The Bertz CT molecular complexity index is 398. The molecule has 2 rings (SSSR count). The minimum atomic E-state index is -1.71. The highest BCUT2D eigenvalue weighted by Crippen LogP contribution is 2.38. The van der Waals surface area contributed by atoms with Crippen LogP contribution in [0.15, 0.2) is 0 Å². The summed E-state index contributed by atoms with van der Waals surface area (Å²) in [5, 5.41) is 0.244. The van der Waals surface area contributed by atoms with Crippen molar-refractivity contribution in [3.8, 4) is 0 Å². The molecule has 0 aromatic rings. The van der Waals surface area contributed by atoms with Crippen LogP contribution in [0.5, 0.6) is 0 Å². The Morgan fingerprint density at radius 1 is 1.17 bits per heavy atom. The van der Waals surface area contributed by atoms with Crippen molar-refractivity contribution in [3.05, 3.63) is 0 Å². The Kier molecular flexibility index (Phi) is 5.69. The van der Waals surface area contributed by atoms with Gasteiger partial charge in [-0.2, -0.15) is 0 Å². The molecule has 4 atom stereocenters. The van der Waals surface area contributed by atoms with Gasteiger partial charge in [0.1, 0.15) is 0 Å². The molecule has 2 aliphatic heterocycles. The molecule has 0 saturated carbocycles. The Morgan fingerprint density at radius 3 is 2.30 bits per heavy atom. The van der Waals surface area contributed by atoms with Gasteiger partial charge in [0.2, 0.25) is 0 Å². The van der Waals surface area contributed by atoms with Gasteiger partial charge < -0.3 is 18.6 Å². The minimum absolute atomic E-state index is 0.187. The predicted octanol–water partition coefficient (Wildman–Crippen LogP) is 4.34. The molecule has 0 radical (unpaired) electrons. The zero-order valence-electron chi connectivity index (χ0n) is 16.3. The lowest BCUT2D eigenvalue weighted by Gasteiger charge is -2.44. The van der Waals surface area contributed by atoms with Crippen LogP contribution in [0, 0.1) is 5.92 Å². The van der Waals surface area contributed by atoms with Gasteiger partial charge in [0.25, 0.3) is 0 Å². The highest BCUT2D eigenvalue weighted by atomic mass is 28.4. The number of rotatable bonds is 6. The summed E-state index contributed by atoms with van der Waals surface area (Å²) in [6.07, 6.45) is 2.73. The van der Waals surface area contributed by atoms with Crippen molar-refractivity contribution in [3.63, 3.8) is 0 Å². The first-order valence-electron chi connectivity index (χ1n) is 9.01. The van der Waals surface area contributed by atoms with Crippen LogP contribution in [0.3, 0.4) is 0 Å². The third kappa shape index (κ3) is 5.53. The summed E-state index contributed by atoms with van der Waals surface area (Å²) < 4.78 is 24.0. The van der Waals surface area contributed by atoms with Crippen molar-refractivity contribution >= 4 is 8.32 Å². The van der Waals surface area contributed by atoms with E-state index in [4.69, 9.17) is 18.6 Å². The zero-order chi connectivity index (χ0) is 17.5. The molecular formula is C18H36O4Si. The normalized spacial score (nSPS) is 32.6. The first-order chi connectivity index (χ1) is 10.4. The van der Waals surface area contributed by atoms with Crippen LogP contribution in [0.2, 0.25) is 18.1 Å². The second-order valence-corrected chi connectivity index (χ2v) is 14.1. The SMILES string of the molecule is C[C@@H](CO[Si](C)(C)C(C)(C)C)[C@@H]1C[C@H](C[C@H]2CO2)OC(C)(C)O1. The van der Waals surface area contributed by atoms with Crippen LogP contribution in [0.4, 0.5) is 0 Å². The molecule has 2 heterocycles. The highest BCUT2D eigenvalue weighted by molar-refractivity contribution is 6.74. The maximum absolute atomic E-state index is 6.40. The predicted molar refractivity (Wildman–Crippen MR) is 95.1 cm³/mol. The monoisotopic (exact) mass is 344 g/mol. The van der Waals surface area contributed by atoms with Crippen LogP contribution in [0.25, 0.3) is 0 Å². The smallest absolute Gasteiger partial charge is 0.191 e. The van der Waals surface area contributed by atoms with E-state index in [0.717, 1.165) is 26.1 Å². The van der Waals surface area contributed by atoms with E-state index in [1.54, 1.807) is 0 Å². The van der Waals surface area contributed by atoms with Gasteiger partial charge in [-0.25, -0.2) is 0 Å². The van der Waals surface area contributed by atoms with E-state index < -0.39 is 14.1 Å². The number of epoxide rings is 1. The van der Waals surface area contributed by atoms with Crippen LogP contribution in [-0.2, 0) is 18.6 Å². The average Bonchev–Trinajstić information content (AvgIpc) is 3.16. The summed E-state index contributed by atoms with van der Waals surface area (Å²) in [6.45, 7) is 19.4. The molecule has 136 valence electrons. The van der Waals surface area contributed by atoms with E-state index >= 15 is 0 Å². The largest absolute Gasteiger partial charge is 0.416 e. The molecule has 4 nitrogen and oxygen atoms in total. The van der Waals surface area contributed by atoms with Crippen LogP contribution in [-0.4, -0.2) is 45.6 Å². The molecule has 2 fully saturated rings. The Labute approximate surface area is 143 Å². The number of hydrogen-bond donors (Lipinski definition) is 0. The van der Waals surface area contributed by atoms with Crippen molar-refractivity contribution in [1.82, 2.24) is 0 Å². The molecule has 23 heavy (non-hydrogen) atoms. The van der Waals surface area contributed by atoms with Gasteiger partial charge in [-0.05, 0) is 32.0 Å². The summed E-state index contributed by atoms with van der Waals surface area (Å²) in [6, 6.07) is 0. The lowest BCUT2D eigenvalue weighted by atomic mass is 9.95. The van der Waals surface area contributed by atoms with E-state index in [1.165, 1.54) is 0 Å². The van der Waals surface area contributed by atoms with E-state index in [1.807, 2.05) is 13.8 Å². The maximum Gasteiger partial charge on any atom is 0.191 e. The van der Waals surface area contributed by atoms with Crippen LogP contribution >= 0.6 is 0 Å². The van der Waals surface area contributed by atoms with Gasteiger partial charge in [-0.3, -0.25) is 0 Å². The molecule has 0 aliphatic carbocycles. The van der Waals surface area contributed by atoms with E-state index in [2.05, 4.69) is 40.8 Å². The van der Waals surface area contributed by atoms with E-state index in [0.29, 0.717) is 12.0 Å². The second-order valence-electron chi connectivity index (χ2n) is 9.27. The Morgan fingerprint density at radius 2 is 1.78 bits per heavy atom. The topological polar surface area (TPSA) is 40.2 Å². The van der Waals surface area contributed by atoms with Crippen molar-refractivity contribution in [2.24, 2.45) is 5.92 Å². The Hall–Kier alpha value is 0.0569. The lowest BCUT2D eigenvalue weighted by molar-refractivity contribution is -0.309. The van der Waals surface area contributed by atoms with E-state index in [9.17, 15) is 0 Å². The molecule has 0 N–H and O–H groups in total. The molecule has 2 saturated heterocycles. The summed E-state index contributed by atoms with van der Waals surface area (Å²) >= 11 is 0. The maximum atomic E-state index is 6.40. The van der Waals surface area contributed by atoms with Crippen LogP contribution in [0.1, 0.15) is 54.4 Å². The van der Waals surface area contributed by atoms with Gasteiger partial charge in [-0.1, -0.05) is 27.7 Å². The van der Waals surface area contributed by atoms with Gasteiger partial charge in [-0.15, -0.1) is 0 Å². The first kappa shape index (κ1) is 19.4. The highest BCUT2D eigenvalue weighted by Gasteiger charge is 2.42. The molecule has 0 aromatic heterocycles. The number of hydrogen-bond acceptors (Lipinski definition) is 4. The molecule has 2 aliphatic rings. The Balaban J connectivity index is 1.90. The summed E-state index contributed by atoms with van der Waals surface area (Å²) in [7, 11) is -1.71. The molecule has 0 amide bonds. The van der Waals surface area contributed by atoms with Crippen molar-refractivity contribution < 1.29 is 18.6 Å². The standard InChI is InChI=1S/C18H36O4Si/c1-13(11-20-23(7,8)17(2,3)4)16-10-14(9-15-12-19-15)21-18(5,6)22-16/h13-16H,9-12H2,1-8H3/t13-,14-,15-,16-/m0/s1. The fourth-order valence-electron chi connectivity index (χ4n) is 2.80.